The predicted octanol–water partition coefficient (Wildman–Crippen LogP) is 3.15. The van der Waals surface area contributed by atoms with Gasteiger partial charge in [0.25, 0.3) is 0 Å². The predicted molar refractivity (Wildman–Crippen MR) is 86.7 cm³/mol. The molecule has 1 atom stereocenters. The number of carbonyl (C=O) groups excluding carboxylic acids is 1. The van der Waals surface area contributed by atoms with Crippen molar-refractivity contribution in [2.75, 3.05) is 12.4 Å². The van der Waals surface area contributed by atoms with Crippen molar-refractivity contribution in [1.29, 1.82) is 0 Å². The van der Waals surface area contributed by atoms with Crippen LogP contribution in [0.3, 0.4) is 0 Å². The van der Waals surface area contributed by atoms with Crippen LogP contribution >= 0.6 is 11.6 Å². The van der Waals surface area contributed by atoms with Gasteiger partial charge in [0.15, 0.2) is 0 Å². The van der Waals surface area contributed by atoms with Gasteiger partial charge in [-0.1, -0.05) is 26.0 Å². The summed E-state index contributed by atoms with van der Waals surface area (Å²) in [4.78, 5) is 17.0. The molecule has 1 amide bonds. The van der Waals surface area contributed by atoms with Crippen molar-refractivity contribution in [3.8, 4) is 0 Å². The third-order valence-corrected chi connectivity index (χ3v) is 3.63. The van der Waals surface area contributed by atoms with Crippen molar-refractivity contribution < 1.29 is 4.79 Å². The molecule has 0 aliphatic rings. The van der Waals surface area contributed by atoms with Crippen molar-refractivity contribution in [2.45, 2.75) is 33.2 Å². The lowest BCUT2D eigenvalue weighted by Gasteiger charge is -2.18. The molecule has 114 valence electrons. The molecule has 2 aromatic rings. The van der Waals surface area contributed by atoms with Crippen LogP contribution in [-0.2, 0) is 11.2 Å². The minimum absolute atomic E-state index is 0.0164. The van der Waals surface area contributed by atoms with E-state index in [-0.39, 0.29) is 11.9 Å². The molecule has 1 N–H and O–H groups in total. The molecule has 2 rings (SSSR count). The Bertz CT molecular complexity index is 621. The first-order chi connectivity index (χ1) is 10.0. The molecular weight excluding hydrogens is 286 g/mol. The van der Waals surface area contributed by atoms with Crippen LogP contribution < -0.4 is 5.32 Å². The quantitative estimate of drug-likeness (QED) is 0.833. The molecule has 1 aromatic heterocycles. The van der Waals surface area contributed by atoms with Crippen LogP contribution in [0, 0.1) is 5.92 Å². The number of hydrogen-bond acceptors (Lipinski definition) is 2. The van der Waals surface area contributed by atoms with Crippen molar-refractivity contribution >= 4 is 28.5 Å². The van der Waals surface area contributed by atoms with Gasteiger partial charge in [0.1, 0.15) is 11.9 Å². The highest BCUT2D eigenvalue weighted by Gasteiger charge is 2.21. The first-order valence-electron chi connectivity index (χ1n) is 7.34. The van der Waals surface area contributed by atoms with Crippen molar-refractivity contribution in [3.05, 3.63) is 30.1 Å². The average Bonchev–Trinajstić information content (AvgIpc) is 2.82. The smallest absolute Gasteiger partial charge is 0.242 e. The minimum atomic E-state index is -0.297. The van der Waals surface area contributed by atoms with Crippen LogP contribution in [0.15, 0.2) is 24.3 Å². The van der Waals surface area contributed by atoms with Crippen molar-refractivity contribution in [1.82, 2.24) is 14.9 Å². The van der Waals surface area contributed by atoms with E-state index in [2.05, 4.69) is 24.1 Å². The Balaban J connectivity index is 2.34. The van der Waals surface area contributed by atoms with Gasteiger partial charge in [0.2, 0.25) is 5.91 Å². The summed E-state index contributed by atoms with van der Waals surface area (Å²) >= 11 is 5.87. The number of benzene rings is 1. The maximum absolute atomic E-state index is 12.4. The Morgan fingerprint density at radius 3 is 2.71 bits per heavy atom. The van der Waals surface area contributed by atoms with Gasteiger partial charge in [0, 0.05) is 18.8 Å². The van der Waals surface area contributed by atoms with Gasteiger partial charge in [0.05, 0.1) is 11.0 Å². The van der Waals surface area contributed by atoms with Crippen LogP contribution in [-0.4, -0.2) is 27.9 Å². The van der Waals surface area contributed by atoms with Gasteiger partial charge in [-0.3, -0.25) is 4.79 Å². The third kappa shape index (κ3) is 3.56. The first kappa shape index (κ1) is 15.8. The zero-order chi connectivity index (χ0) is 15.4. The number of alkyl halides is 1. The second-order valence-corrected chi connectivity index (χ2v) is 6.02. The lowest BCUT2D eigenvalue weighted by molar-refractivity contribution is -0.124. The van der Waals surface area contributed by atoms with E-state index in [1.165, 1.54) is 0 Å². The molecule has 0 aliphatic carbocycles. The summed E-state index contributed by atoms with van der Waals surface area (Å²) < 4.78 is 1.99. The molecule has 1 heterocycles. The summed E-state index contributed by atoms with van der Waals surface area (Å²) in [6, 6.07) is 7.57. The lowest BCUT2D eigenvalue weighted by Crippen LogP contribution is -2.34. The molecule has 0 saturated carbocycles. The molecule has 0 fully saturated rings. The van der Waals surface area contributed by atoms with Gasteiger partial charge in [-0.05, 0) is 25.0 Å². The Labute approximate surface area is 130 Å². The number of amides is 1. The zero-order valence-corrected chi connectivity index (χ0v) is 13.5. The summed E-state index contributed by atoms with van der Waals surface area (Å²) in [5.74, 6) is 1.80. The average molecular weight is 308 g/mol. The number of hydrogen-bond donors (Lipinski definition) is 1. The topological polar surface area (TPSA) is 46.9 Å². The molecule has 1 aromatic carbocycles. The molecule has 5 heteroatoms. The zero-order valence-electron chi connectivity index (χ0n) is 12.8. The number of para-hydroxylation sites is 2. The number of rotatable bonds is 6. The number of aromatic nitrogens is 2. The van der Waals surface area contributed by atoms with Crippen LogP contribution in [0.5, 0.6) is 0 Å². The number of fused-ring (bicyclic) bond motifs is 1. The van der Waals surface area contributed by atoms with Crippen molar-refractivity contribution in [2.24, 2.45) is 5.92 Å². The normalized spacial score (nSPS) is 12.8. The maximum atomic E-state index is 12.4. The number of imidazole rings is 1. The van der Waals surface area contributed by atoms with Crippen LogP contribution in [0.4, 0.5) is 0 Å². The highest BCUT2D eigenvalue weighted by atomic mass is 35.5. The van der Waals surface area contributed by atoms with Gasteiger partial charge < -0.3 is 9.88 Å². The van der Waals surface area contributed by atoms with E-state index in [0.29, 0.717) is 24.8 Å². The Morgan fingerprint density at radius 2 is 2.05 bits per heavy atom. The van der Waals surface area contributed by atoms with Crippen LogP contribution in [0.1, 0.15) is 32.6 Å². The maximum Gasteiger partial charge on any atom is 0.242 e. The first-order valence-corrected chi connectivity index (χ1v) is 7.87. The Hall–Kier alpha value is -1.55. The van der Waals surface area contributed by atoms with Gasteiger partial charge in [-0.15, -0.1) is 11.6 Å². The molecule has 21 heavy (non-hydrogen) atoms. The van der Waals surface area contributed by atoms with Gasteiger partial charge in [-0.25, -0.2) is 4.98 Å². The second-order valence-electron chi connectivity index (χ2n) is 5.64. The van der Waals surface area contributed by atoms with E-state index in [1.807, 2.05) is 35.8 Å². The van der Waals surface area contributed by atoms with E-state index < -0.39 is 0 Å². The standard InChI is InChI=1S/C16H22ClN3O/c1-11(2)10-18-16(21)12(3)20-14-7-5-4-6-13(14)19-15(20)8-9-17/h4-7,11-12H,8-10H2,1-3H3,(H,18,21). The summed E-state index contributed by atoms with van der Waals surface area (Å²) in [5, 5.41) is 2.98. The Morgan fingerprint density at radius 1 is 1.33 bits per heavy atom. The van der Waals surface area contributed by atoms with Crippen LogP contribution in [0.25, 0.3) is 11.0 Å². The number of carbonyl (C=O) groups is 1. The monoisotopic (exact) mass is 307 g/mol. The number of nitrogens with one attached hydrogen (secondary N) is 1. The fraction of sp³-hybridized carbons (Fsp3) is 0.500. The molecule has 1 unspecified atom stereocenters. The van der Waals surface area contributed by atoms with Crippen LogP contribution in [0.2, 0.25) is 0 Å². The number of aryl methyl sites for hydroxylation is 1. The van der Waals surface area contributed by atoms with E-state index in [9.17, 15) is 4.79 Å². The Kier molecular flexibility index (Phi) is 5.23. The number of halogens is 1. The summed E-state index contributed by atoms with van der Waals surface area (Å²) in [5.41, 5.74) is 1.88. The van der Waals surface area contributed by atoms with E-state index >= 15 is 0 Å². The third-order valence-electron chi connectivity index (χ3n) is 3.44. The largest absolute Gasteiger partial charge is 0.354 e. The highest BCUT2D eigenvalue weighted by molar-refractivity contribution is 6.17. The van der Waals surface area contributed by atoms with Gasteiger partial charge in [-0.2, -0.15) is 0 Å². The summed E-state index contributed by atoms with van der Waals surface area (Å²) in [7, 11) is 0. The molecular formula is C16H22ClN3O. The molecule has 0 spiro atoms. The SMILES string of the molecule is CC(C)CNC(=O)C(C)n1c(CCCl)nc2ccccc21. The van der Waals surface area contributed by atoms with E-state index in [1.54, 1.807) is 0 Å². The minimum Gasteiger partial charge on any atom is -0.354 e. The fourth-order valence-electron chi connectivity index (χ4n) is 2.36. The van der Waals surface area contributed by atoms with E-state index in [0.717, 1.165) is 16.9 Å². The summed E-state index contributed by atoms with van der Waals surface area (Å²) in [6.07, 6.45) is 0.651. The fourth-order valence-corrected chi connectivity index (χ4v) is 2.53. The summed E-state index contributed by atoms with van der Waals surface area (Å²) in [6.45, 7) is 6.75. The van der Waals surface area contributed by atoms with Crippen molar-refractivity contribution in [3.63, 3.8) is 0 Å². The second kappa shape index (κ2) is 6.94. The van der Waals surface area contributed by atoms with E-state index in [4.69, 9.17) is 11.6 Å². The molecule has 0 bridgehead atoms. The molecule has 4 nitrogen and oxygen atoms in total. The highest BCUT2D eigenvalue weighted by Crippen LogP contribution is 2.22. The number of nitrogens with zero attached hydrogens (tertiary/aromatic N) is 2. The molecule has 0 radical (unpaired) electrons. The molecule has 0 aliphatic heterocycles. The molecule has 0 saturated heterocycles. The van der Waals surface area contributed by atoms with Gasteiger partial charge >= 0.3 is 0 Å². The lowest BCUT2D eigenvalue weighted by atomic mass is 10.2.